The van der Waals surface area contributed by atoms with E-state index in [-0.39, 0.29) is 17.7 Å². The van der Waals surface area contributed by atoms with Crippen molar-refractivity contribution >= 4 is 28.8 Å². The molecule has 160 valence electrons. The summed E-state index contributed by atoms with van der Waals surface area (Å²) in [5, 5.41) is 12.5. The molecule has 2 heterocycles. The SMILES string of the molecule is Cc1ccccc1NC(=O)c1nnc(C2CCN(C(=O)CCc3ccccc3)CC2)s1. The van der Waals surface area contributed by atoms with Gasteiger partial charge in [0, 0.05) is 31.1 Å². The maximum absolute atomic E-state index is 12.6. The van der Waals surface area contributed by atoms with Crippen molar-refractivity contribution in [1.82, 2.24) is 15.1 Å². The van der Waals surface area contributed by atoms with Gasteiger partial charge in [0.15, 0.2) is 0 Å². The number of benzene rings is 2. The molecule has 1 saturated heterocycles. The van der Waals surface area contributed by atoms with Gasteiger partial charge < -0.3 is 10.2 Å². The van der Waals surface area contributed by atoms with E-state index >= 15 is 0 Å². The number of aryl methyl sites for hydroxylation is 2. The van der Waals surface area contributed by atoms with Gasteiger partial charge in [0.05, 0.1) is 0 Å². The van der Waals surface area contributed by atoms with Crippen LogP contribution < -0.4 is 5.32 Å². The number of carbonyl (C=O) groups excluding carboxylic acids is 2. The Balaban J connectivity index is 1.28. The van der Waals surface area contributed by atoms with Crippen LogP contribution in [0.3, 0.4) is 0 Å². The fourth-order valence-corrected chi connectivity index (χ4v) is 4.72. The van der Waals surface area contributed by atoms with Crippen LogP contribution in [0.1, 0.15) is 51.1 Å². The zero-order valence-electron chi connectivity index (χ0n) is 17.6. The zero-order chi connectivity index (χ0) is 21.6. The quantitative estimate of drug-likeness (QED) is 0.622. The van der Waals surface area contributed by atoms with E-state index in [0.29, 0.717) is 11.4 Å². The normalized spacial score (nSPS) is 14.4. The number of carbonyl (C=O) groups is 2. The maximum Gasteiger partial charge on any atom is 0.286 e. The smallest absolute Gasteiger partial charge is 0.286 e. The molecular weight excluding hydrogens is 408 g/mol. The third-order valence-electron chi connectivity index (χ3n) is 5.70. The van der Waals surface area contributed by atoms with Crippen LogP contribution in [0.15, 0.2) is 54.6 Å². The fourth-order valence-electron chi connectivity index (χ4n) is 3.81. The van der Waals surface area contributed by atoms with Gasteiger partial charge in [-0.3, -0.25) is 9.59 Å². The lowest BCUT2D eigenvalue weighted by Gasteiger charge is -2.31. The zero-order valence-corrected chi connectivity index (χ0v) is 18.4. The van der Waals surface area contributed by atoms with Gasteiger partial charge in [0.2, 0.25) is 10.9 Å². The number of hydrogen-bond donors (Lipinski definition) is 1. The second kappa shape index (κ2) is 9.83. The highest BCUT2D eigenvalue weighted by Crippen LogP contribution is 2.30. The topological polar surface area (TPSA) is 75.2 Å². The first-order valence-electron chi connectivity index (χ1n) is 10.6. The van der Waals surface area contributed by atoms with Crippen LogP contribution in [-0.4, -0.2) is 40.0 Å². The van der Waals surface area contributed by atoms with Crippen LogP contribution in [-0.2, 0) is 11.2 Å². The number of hydrogen-bond acceptors (Lipinski definition) is 5. The molecule has 0 saturated carbocycles. The lowest BCUT2D eigenvalue weighted by atomic mass is 9.97. The standard InChI is InChI=1S/C24H26N4O2S/c1-17-7-5-6-10-20(17)25-22(30)24-27-26-23(31-24)19-13-15-28(16-14-19)21(29)12-11-18-8-3-2-4-9-18/h2-10,19H,11-16H2,1H3,(H,25,30). The number of aromatic nitrogens is 2. The van der Waals surface area contributed by atoms with Crippen LogP contribution in [0.25, 0.3) is 0 Å². The van der Waals surface area contributed by atoms with E-state index in [2.05, 4.69) is 27.6 Å². The van der Waals surface area contributed by atoms with E-state index in [9.17, 15) is 9.59 Å². The van der Waals surface area contributed by atoms with Gasteiger partial charge in [-0.15, -0.1) is 10.2 Å². The number of para-hydroxylation sites is 1. The molecule has 1 fully saturated rings. The molecule has 0 atom stereocenters. The van der Waals surface area contributed by atoms with E-state index in [1.54, 1.807) is 0 Å². The Bertz CT molecular complexity index is 1040. The van der Waals surface area contributed by atoms with Gasteiger partial charge in [-0.1, -0.05) is 59.9 Å². The molecule has 1 aromatic heterocycles. The van der Waals surface area contributed by atoms with Crippen molar-refractivity contribution in [3.63, 3.8) is 0 Å². The number of likely N-dealkylation sites (tertiary alicyclic amines) is 1. The van der Waals surface area contributed by atoms with Gasteiger partial charge in [-0.2, -0.15) is 0 Å². The summed E-state index contributed by atoms with van der Waals surface area (Å²) in [7, 11) is 0. The first kappa shape index (κ1) is 21.2. The maximum atomic E-state index is 12.6. The lowest BCUT2D eigenvalue weighted by molar-refractivity contribution is -0.132. The molecule has 1 aliphatic heterocycles. The van der Waals surface area contributed by atoms with Crippen LogP contribution in [0.2, 0.25) is 0 Å². The highest BCUT2D eigenvalue weighted by molar-refractivity contribution is 7.13. The fraction of sp³-hybridized carbons (Fsp3) is 0.333. The summed E-state index contributed by atoms with van der Waals surface area (Å²) in [5.41, 5.74) is 2.98. The second-order valence-corrected chi connectivity index (χ2v) is 8.86. The Morgan fingerprint density at radius 1 is 1.03 bits per heavy atom. The molecule has 6 nitrogen and oxygen atoms in total. The third-order valence-corrected chi connectivity index (χ3v) is 6.78. The molecule has 1 N–H and O–H groups in total. The van der Waals surface area contributed by atoms with E-state index in [4.69, 9.17) is 0 Å². The summed E-state index contributed by atoms with van der Waals surface area (Å²) in [6, 6.07) is 17.8. The lowest BCUT2D eigenvalue weighted by Crippen LogP contribution is -2.38. The molecule has 0 bridgehead atoms. The van der Waals surface area contributed by atoms with Gasteiger partial charge in [0.25, 0.3) is 5.91 Å². The molecule has 31 heavy (non-hydrogen) atoms. The second-order valence-electron chi connectivity index (χ2n) is 7.86. The number of rotatable bonds is 6. The van der Waals surface area contributed by atoms with E-state index < -0.39 is 0 Å². The third kappa shape index (κ3) is 5.35. The van der Waals surface area contributed by atoms with Gasteiger partial charge in [0.1, 0.15) is 5.01 Å². The van der Waals surface area contributed by atoms with E-state index in [0.717, 1.165) is 48.6 Å². The molecule has 0 spiro atoms. The van der Waals surface area contributed by atoms with Crippen LogP contribution in [0.5, 0.6) is 0 Å². The number of anilines is 1. The van der Waals surface area contributed by atoms with Crippen LogP contribution in [0, 0.1) is 6.92 Å². The van der Waals surface area contributed by atoms with Crippen molar-refractivity contribution in [3.8, 4) is 0 Å². The van der Waals surface area contributed by atoms with E-state index in [1.807, 2.05) is 54.3 Å². The predicted molar refractivity (Wildman–Crippen MR) is 122 cm³/mol. The Labute approximate surface area is 186 Å². The predicted octanol–water partition coefficient (Wildman–Crippen LogP) is 4.44. The Morgan fingerprint density at radius 3 is 2.48 bits per heavy atom. The summed E-state index contributed by atoms with van der Waals surface area (Å²) in [6.07, 6.45) is 3.02. The van der Waals surface area contributed by atoms with E-state index in [1.165, 1.54) is 16.9 Å². The minimum atomic E-state index is -0.230. The van der Waals surface area contributed by atoms with Crippen molar-refractivity contribution in [1.29, 1.82) is 0 Å². The number of nitrogens with one attached hydrogen (secondary N) is 1. The number of nitrogens with zero attached hydrogens (tertiary/aromatic N) is 3. The molecule has 3 aromatic rings. The molecule has 0 unspecified atom stereocenters. The molecule has 7 heteroatoms. The molecule has 4 rings (SSSR count). The minimum Gasteiger partial charge on any atom is -0.343 e. The van der Waals surface area contributed by atoms with Crippen LogP contribution in [0.4, 0.5) is 5.69 Å². The summed E-state index contributed by atoms with van der Waals surface area (Å²) in [5.74, 6) is 0.222. The summed E-state index contributed by atoms with van der Waals surface area (Å²) < 4.78 is 0. The first-order chi connectivity index (χ1) is 15.1. The molecule has 2 amide bonds. The van der Waals surface area contributed by atoms with Crippen LogP contribution >= 0.6 is 11.3 Å². The van der Waals surface area contributed by atoms with Crippen molar-refractivity contribution in [2.75, 3.05) is 18.4 Å². The summed E-state index contributed by atoms with van der Waals surface area (Å²) >= 11 is 1.35. The van der Waals surface area contributed by atoms with Gasteiger partial charge in [-0.05, 0) is 43.4 Å². The highest BCUT2D eigenvalue weighted by atomic mass is 32.1. The minimum absolute atomic E-state index is 0.206. The van der Waals surface area contributed by atoms with Crippen molar-refractivity contribution in [2.24, 2.45) is 0 Å². The van der Waals surface area contributed by atoms with Gasteiger partial charge >= 0.3 is 0 Å². The first-order valence-corrected chi connectivity index (χ1v) is 11.4. The van der Waals surface area contributed by atoms with Crippen molar-refractivity contribution < 1.29 is 9.59 Å². The van der Waals surface area contributed by atoms with Crippen molar-refractivity contribution in [3.05, 3.63) is 75.7 Å². The Morgan fingerprint density at radius 2 is 1.74 bits per heavy atom. The molecule has 1 aliphatic rings. The summed E-state index contributed by atoms with van der Waals surface area (Å²) in [6.45, 7) is 3.40. The monoisotopic (exact) mass is 434 g/mol. The van der Waals surface area contributed by atoms with Crippen molar-refractivity contribution in [2.45, 2.75) is 38.5 Å². The summed E-state index contributed by atoms with van der Waals surface area (Å²) in [4.78, 5) is 27.0. The Hall–Kier alpha value is -3.06. The molecule has 0 radical (unpaired) electrons. The average Bonchev–Trinajstić information content (AvgIpc) is 3.30. The average molecular weight is 435 g/mol. The number of piperidine rings is 1. The number of amides is 2. The molecule has 0 aliphatic carbocycles. The van der Waals surface area contributed by atoms with Gasteiger partial charge in [-0.25, -0.2) is 0 Å². The largest absolute Gasteiger partial charge is 0.343 e. The highest BCUT2D eigenvalue weighted by Gasteiger charge is 2.27. The Kier molecular flexibility index (Phi) is 6.72. The molecular formula is C24H26N4O2S. The molecule has 2 aromatic carbocycles.